The molecule has 1 saturated heterocycles. The zero-order valence-corrected chi connectivity index (χ0v) is 14.8. The summed E-state index contributed by atoms with van der Waals surface area (Å²) in [6.07, 6.45) is 1.75. The Balaban J connectivity index is 1.63. The fourth-order valence-corrected chi connectivity index (χ4v) is 3.65. The normalized spacial score (nSPS) is 17.2. The fourth-order valence-electron chi connectivity index (χ4n) is 3.65. The van der Waals surface area contributed by atoms with E-state index in [1.165, 1.54) is 4.68 Å². The summed E-state index contributed by atoms with van der Waals surface area (Å²) in [6.45, 7) is 4.26. The Morgan fingerprint density at radius 2 is 2.04 bits per heavy atom. The summed E-state index contributed by atoms with van der Waals surface area (Å²) in [5, 5.41) is 9.79. The van der Waals surface area contributed by atoms with E-state index in [1.807, 2.05) is 38.1 Å². The maximum atomic E-state index is 12.9. The molecule has 134 valence electrons. The maximum absolute atomic E-state index is 12.9. The van der Waals surface area contributed by atoms with Crippen LogP contribution >= 0.6 is 0 Å². The zero-order chi connectivity index (χ0) is 18.3. The highest BCUT2D eigenvalue weighted by Crippen LogP contribution is 2.31. The minimum absolute atomic E-state index is 0.0716. The van der Waals surface area contributed by atoms with Crippen molar-refractivity contribution in [1.29, 1.82) is 0 Å². The Kier molecular flexibility index (Phi) is 4.06. The van der Waals surface area contributed by atoms with Crippen molar-refractivity contribution in [2.75, 3.05) is 6.54 Å². The van der Waals surface area contributed by atoms with Gasteiger partial charge in [0.2, 0.25) is 5.91 Å². The molecule has 3 aromatic rings. The molecule has 1 fully saturated rings. The summed E-state index contributed by atoms with van der Waals surface area (Å²) in [5.74, 6) is 0.597. The highest BCUT2D eigenvalue weighted by Gasteiger charge is 2.32. The molecule has 0 radical (unpaired) electrons. The van der Waals surface area contributed by atoms with Gasteiger partial charge >= 0.3 is 0 Å². The molecule has 0 unspecified atom stereocenters. The van der Waals surface area contributed by atoms with Crippen LogP contribution in [0.1, 0.15) is 36.0 Å². The quantitative estimate of drug-likeness (QED) is 0.723. The number of carbonyl (C=O) groups excluding carboxylic acids is 1. The molecular weight excluding hydrogens is 332 g/mol. The SMILES string of the molecule is Cc1cc([C@@H]2CCCN2C(=O)Cn2nc(C)c3ccccc3c2=O)no1. The number of aryl methyl sites for hydroxylation is 2. The molecule has 0 aliphatic carbocycles. The van der Waals surface area contributed by atoms with Crippen LogP contribution in [0, 0.1) is 13.8 Å². The monoisotopic (exact) mass is 352 g/mol. The third-order valence-electron chi connectivity index (χ3n) is 4.90. The number of benzene rings is 1. The highest BCUT2D eigenvalue weighted by atomic mass is 16.5. The van der Waals surface area contributed by atoms with Gasteiger partial charge in [-0.2, -0.15) is 5.10 Å². The Labute approximate surface area is 150 Å². The number of amides is 1. The third-order valence-corrected chi connectivity index (χ3v) is 4.90. The number of rotatable bonds is 3. The molecule has 1 atom stereocenters. The van der Waals surface area contributed by atoms with E-state index in [9.17, 15) is 9.59 Å². The van der Waals surface area contributed by atoms with Crippen LogP contribution in [0.25, 0.3) is 10.8 Å². The van der Waals surface area contributed by atoms with Crippen molar-refractivity contribution < 1.29 is 9.32 Å². The average Bonchev–Trinajstić information content (AvgIpc) is 3.28. The van der Waals surface area contributed by atoms with Gasteiger partial charge in [0.15, 0.2) is 0 Å². The van der Waals surface area contributed by atoms with Crippen molar-refractivity contribution in [3.63, 3.8) is 0 Å². The molecule has 2 aromatic heterocycles. The van der Waals surface area contributed by atoms with E-state index >= 15 is 0 Å². The molecule has 0 saturated carbocycles. The maximum Gasteiger partial charge on any atom is 0.275 e. The molecule has 0 spiro atoms. The van der Waals surface area contributed by atoms with Crippen molar-refractivity contribution >= 4 is 16.7 Å². The van der Waals surface area contributed by atoms with E-state index in [0.717, 1.165) is 35.4 Å². The number of nitrogens with zero attached hydrogens (tertiary/aromatic N) is 4. The first-order valence-electron chi connectivity index (χ1n) is 8.74. The van der Waals surface area contributed by atoms with E-state index in [-0.39, 0.29) is 24.1 Å². The van der Waals surface area contributed by atoms with Gasteiger partial charge in [0, 0.05) is 18.0 Å². The van der Waals surface area contributed by atoms with Crippen molar-refractivity contribution in [3.05, 3.63) is 57.8 Å². The van der Waals surface area contributed by atoms with Crippen molar-refractivity contribution in [2.45, 2.75) is 39.3 Å². The van der Waals surface area contributed by atoms with Crippen molar-refractivity contribution in [3.8, 4) is 0 Å². The first kappa shape index (κ1) is 16.5. The third kappa shape index (κ3) is 2.79. The molecule has 3 heterocycles. The van der Waals surface area contributed by atoms with Crippen LogP contribution in [0.2, 0.25) is 0 Å². The van der Waals surface area contributed by atoms with Crippen LogP contribution in [0.5, 0.6) is 0 Å². The topological polar surface area (TPSA) is 81.2 Å². The molecule has 7 nitrogen and oxygen atoms in total. The molecule has 0 bridgehead atoms. The summed E-state index contributed by atoms with van der Waals surface area (Å²) < 4.78 is 6.42. The van der Waals surface area contributed by atoms with E-state index in [4.69, 9.17) is 4.52 Å². The number of hydrogen-bond acceptors (Lipinski definition) is 5. The Bertz CT molecular complexity index is 1040. The molecule has 26 heavy (non-hydrogen) atoms. The summed E-state index contributed by atoms with van der Waals surface area (Å²) >= 11 is 0. The van der Waals surface area contributed by atoms with Gasteiger partial charge in [0.1, 0.15) is 18.0 Å². The second-order valence-electron chi connectivity index (χ2n) is 6.70. The molecule has 1 amide bonds. The van der Waals surface area contributed by atoms with E-state index in [0.29, 0.717) is 11.9 Å². The lowest BCUT2D eigenvalue weighted by Gasteiger charge is -2.23. The Hall–Kier alpha value is -2.96. The predicted octanol–water partition coefficient (Wildman–Crippen LogP) is 2.37. The van der Waals surface area contributed by atoms with Crippen LogP contribution in [0.15, 0.2) is 39.6 Å². The van der Waals surface area contributed by atoms with Gasteiger partial charge in [0.05, 0.1) is 17.1 Å². The second kappa shape index (κ2) is 6.40. The van der Waals surface area contributed by atoms with Gasteiger partial charge in [-0.3, -0.25) is 9.59 Å². The molecule has 1 aromatic carbocycles. The van der Waals surface area contributed by atoms with Gasteiger partial charge in [-0.25, -0.2) is 4.68 Å². The number of fused-ring (bicyclic) bond motifs is 1. The summed E-state index contributed by atoms with van der Waals surface area (Å²) in [7, 11) is 0. The van der Waals surface area contributed by atoms with Crippen molar-refractivity contribution in [1.82, 2.24) is 19.8 Å². The standard InChI is InChI=1S/C19H20N4O3/c1-12-10-16(21-26-12)17-8-5-9-22(17)18(24)11-23-19(25)15-7-4-3-6-14(15)13(2)20-23/h3-4,6-7,10,17H,5,8-9,11H2,1-2H3/t17-/m0/s1. The number of aromatic nitrogens is 3. The lowest BCUT2D eigenvalue weighted by Crippen LogP contribution is -2.37. The summed E-state index contributed by atoms with van der Waals surface area (Å²) in [6, 6.07) is 9.09. The second-order valence-corrected chi connectivity index (χ2v) is 6.70. The van der Waals surface area contributed by atoms with Crippen LogP contribution in [0.4, 0.5) is 0 Å². The molecule has 1 aliphatic rings. The van der Waals surface area contributed by atoms with Gasteiger partial charge in [0.25, 0.3) is 5.56 Å². The average molecular weight is 352 g/mol. The molecule has 7 heteroatoms. The minimum atomic E-state index is -0.243. The van der Waals surface area contributed by atoms with Gasteiger partial charge < -0.3 is 9.42 Å². The van der Waals surface area contributed by atoms with Gasteiger partial charge in [-0.05, 0) is 32.8 Å². The van der Waals surface area contributed by atoms with E-state index in [2.05, 4.69) is 10.3 Å². The molecular formula is C19H20N4O3. The lowest BCUT2D eigenvalue weighted by atomic mass is 10.1. The predicted molar refractivity (Wildman–Crippen MR) is 95.7 cm³/mol. The van der Waals surface area contributed by atoms with Crippen LogP contribution in [0.3, 0.4) is 0 Å². The zero-order valence-electron chi connectivity index (χ0n) is 14.8. The number of carbonyl (C=O) groups is 1. The fraction of sp³-hybridized carbons (Fsp3) is 0.368. The van der Waals surface area contributed by atoms with Gasteiger partial charge in [-0.15, -0.1) is 0 Å². The van der Waals surface area contributed by atoms with Crippen LogP contribution < -0.4 is 5.56 Å². The highest BCUT2D eigenvalue weighted by molar-refractivity contribution is 5.83. The van der Waals surface area contributed by atoms with E-state index in [1.54, 1.807) is 11.0 Å². The first-order valence-corrected chi connectivity index (χ1v) is 8.74. The van der Waals surface area contributed by atoms with Gasteiger partial charge in [-0.1, -0.05) is 23.4 Å². The van der Waals surface area contributed by atoms with Crippen LogP contribution in [-0.4, -0.2) is 32.3 Å². The lowest BCUT2D eigenvalue weighted by molar-refractivity contribution is -0.133. The Morgan fingerprint density at radius 1 is 1.27 bits per heavy atom. The molecule has 1 aliphatic heterocycles. The summed E-state index contributed by atoms with van der Waals surface area (Å²) in [5.41, 5.74) is 1.26. The smallest absolute Gasteiger partial charge is 0.275 e. The van der Waals surface area contributed by atoms with Crippen molar-refractivity contribution in [2.24, 2.45) is 0 Å². The minimum Gasteiger partial charge on any atom is -0.361 e. The Morgan fingerprint density at radius 3 is 2.77 bits per heavy atom. The first-order chi connectivity index (χ1) is 12.5. The van der Waals surface area contributed by atoms with Crippen LogP contribution in [-0.2, 0) is 11.3 Å². The molecule has 0 N–H and O–H groups in total. The van der Waals surface area contributed by atoms with E-state index < -0.39 is 0 Å². The number of likely N-dealkylation sites (tertiary alicyclic amines) is 1. The number of hydrogen-bond donors (Lipinski definition) is 0. The summed E-state index contributed by atoms with van der Waals surface area (Å²) in [4.78, 5) is 27.3. The largest absolute Gasteiger partial charge is 0.361 e. The molecule has 4 rings (SSSR count).